The number of aryl methyl sites for hydroxylation is 1. The van der Waals surface area contributed by atoms with Crippen LogP contribution in [0.15, 0.2) is 103 Å². The molecule has 0 bridgehead atoms. The molecule has 7 rings (SSSR count). The molecule has 0 amide bonds. The normalized spacial score (nSPS) is 22.1. The van der Waals surface area contributed by atoms with Crippen molar-refractivity contribution >= 4 is 40.7 Å². The molecular weight excluding hydrogens is 506 g/mol. The molecule has 0 aromatic heterocycles. The Morgan fingerprint density at radius 2 is 1.46 bits per heavy atom. The fraction of sp³-hybridized carbons (Fsp3) is 0.147. The third kappa shape index (κ3) is 3.15. The van der Waals surface area contributed by atoms with Gasteiger partial charge in [0.15, 0.2) is 17.3 Å². The van der Waals surface area contributed by atoms with Crippen molar-refractivity contribution in [1.82, 2.24) is 0 Å². The van der Waals surface area contributed by atoms with Gasteiger partial charge >= 0.3 is 0 Å². The zero-order valence-corrected chi connectivity index (χ0v) is 21.9. The van der Waals surface area contributed by atoms with Crippen LogP contribution in [0, 0.1) is 12.3 Å². The first-order valence-corrected chi connectivity index (χ1v) is 13.4. The molecule has 190 valence electrons. The Balaban J connectivity index is 1.58. The number of carbonyl (C=O) groups is 3. The topological polar surface area (TPSA) is 54.5 Å². The van der Waals surface area contributed by atoms with E-state index in [2.05, 4.69) is 0 Å². The van der Waals surface area contributed by atoms with Crippen molar-refractivity contribution in [3.05, 3.63) is 142 Å². The highest BCUT2D eigenvalue weighted by Gasteiger charge is 2.71. The van der Waals surface area contributed by atoms with Gasteiger partial charge in [-0.3, -0.25) is 14.4 Å². The van der Waals surface area contributed by atoms with Crippen LogP contribution in [0.5, 0.6) is 0 Å². The lowest BCUT2D eigenvalue weighted by atomic mass is 9.64. The number of fused-ring (bicyclic) bond motifs is 5. The van der Waals surface area contributed by atoms with E-state index < -0.39 is 23.4 Å². The average molecular weight is 530 g/mol. The second-order valence-corrected chi connectivity index (χ2v) is 10.9. The van der Waals surface area contributed by atoms with Gasteiger partial charge < -0.3 is 4.90 Å². The van der Waals surface area contributed by atoms with E-state index in [-0.39, 0.29) is 17.3 Å². The van der Waals surface area contributed by atoms with Crippen molar-refractivity contribution in [1.29, 1.82) is 0 Å². The Labute approximate surface area is 231 Å². The van der Waals surface area contributed by atoms with Crippen LogP contribution in [0.25, 0.3) is 6.08 Å². The molecule has 0 radical (unpaired) electrons. The SMILES string of the molecule is Cc1ccc2c(c1)N1[C@@H](C=C2)C2(C(=O)c3ccccc3C2=O)[C@@H](c2ccccc2Cl)[C@@H]1C(=O)c1ccccc1. The maximum atomic E-state index is 14.6. The van der Waals surface area contributed by atoms with Gasteiger partial charge in [0.2, 0.25) is 0 Å². The molecule has 1 spiro atoms. The van der Waals surface area contributed by atoms with Gasteiger partial charge in [-0.1, -0.05) is 109 Å². The predicted molar refractivity (Wildman–Crippen MR) is 153 cm³/mol. The van der Waals surface area contributed by atoms with Gasteiger partial charge in [-0.05, 0) is 35.7 Å². The van der Waals surface area contributed by atoms with Gasteiger partial charge in [-0.15, -0.1) is 0 Å². The first-order chi connectivity index (χ1) is 18.9. The van der Waals surface area contributed by atoms with Crippen LogP contribution in [0.2, 0.25) is 5.02 Å². The lowest BCUT2D eigenvalue weighted by Crippen LogP contribution is -2.48. The van der Waals surface area contributed by atoms with Crippen LogP contribution in [0.4, 0.5) is 5.69 Å². The van der Waals surface area contributed by atoms with Crippen LogP contribution in [0.1, 0.15) is 53.7 Å². The maximum absolute atomic E-state index is 14.6. The van der Waals surface area contributed by atoms with Gasteiger partial charge in [0.1, 0.15) is 11.5 Å². The molecule has 3 aliphatic rings. The van der Waals surface area contributed by atoms with Gasteiger partial charge in [-0.25, -0.2) is 0 Å². The van der Waals surface area contributed by atoms with Gasteiger partial charge in [0.05, 0.1) is 6.04 Å². The van der Waals surface area contributed by atoms with Crippen molar-refractivity contribution < 1.29 is 14.4 Å². The molecule has 1 fully saturated rings. The minimum atomic E-state index is -1.55. The second kappa shape index (κ2) is 8.62. The Morgan fingerprint density at radius 3 is 2.15 bits per heavy atom. The third-order valence-corrected chi connectivity index (χ3v) is 8.87. The van der Waals surface area contributed by atoms with Crippen LogP contribution in [-0.2, 0) is 0 Å². The Hall–Kier alpha value is -4.28. The average Bonchev–Trinajstić information content (AvgIpc) is 3.39. The monoisotopic (exact) mass is 529 g/mol. The molecule has 2 heterocycles. The summed E-state index contributed by atoms with van der Waals surface area (Å²) in [5, 5.41) is 0.428. The van der Waals surface area contributed by atoms with Crippen molar-refractivity contribution in [2.75, 3.05) is 4.90 Å². The number of anilines is 1. The molecule has 0 N–H and O–H groups in total. The summed E-state index contributed by atoms with van der Waals surface area (Å²) in [5.74, 6) is -1.48. The fourth-order valence-electron chi connectivity index (χ4n) is 6.92. The number of halogens is 1. The van der Waals surface area contributed by atoms with Crippen LogP contribution < -0.4 is 4.90 Å². The molecule has 0 unspecified atom stereocenters. The molecule has 1 aliphatic carbocycles. The fourth-order valence-corrected chi connectivity index (χ4v) is 7.17. The maximum Gasteiger partial charge on any atom is 0.185 e. The Kier molecular flexibility index (Phi) is 5.26. The molecule has 2 aliphatic heterocycles. The number of Topliss-reactive ketones (excluding diaryl/α,β-unsaturated/α-hetero) is 3. The van der Waals surface area contributed by atoms with Crippen molar-refractivity contribution in [3.63, 3.8) is 0 Å². The molecule has 1 saturated heterocycles. The van der Waals surface area contributed by atoms with Crippen molar-refractivity contribution in [2.24, 2.45) is 5.41 Å². The molecule has 4 aromatic rings. The van der Waals surface area contributed by atoms with E-state index in [4.69, 9.17) is 11.6 Å². The summed E-state index contributed by atoms with van der Waals surface area (Å²) >= 11 is 6.84. The van der Waals surface area contributed by atoms with E-state index in [1.54, 1.807) is 42.5 Å². The van der Waals surface area contributed by atoms with E-state index in [9.17, 15) is 14.4 Å². The zero-order valence-electron chi connectivity index (χ0n) is 21.2. The third-order valence-electron chi connectivity index (χ3n) is 8.53. The van der Waals surface area contributed by atoms with E-state index in [0.717, 1.165) is 16.8 Å². The predicted octanol–water partition coefficient (Wildman–Crippen LogP) is 6.96. The van der Waals surface area contributed by atoms with Crippen LogP contribution in [-0.4, -0.2) is 29.4 Å². The summed E-state index contributed by atoms with van der Waals surface area (Å²) < 4.78 is 0. The van der Waals surface area contributed by atoms with Gasteiger partial charge in [0.25, 0.3) is 0 Å². The quantitative estimate of drug-likeness (QED) is 0.212. The van der Waals surface area contributed by atoms with E-state index in [1.165, 1.54) is 0 Å². The molecule has 4 aromatic carbocycles. The second-order valence-electron chi connectivity index (χ2n) is 10.5. The minimum absolute atomic E-state index is 0.151. The lowest BCUT2D eigenvalue weighted by molar-refractivity contribution is 0.0666. The first-order valence-electron chi connectivity index (χ1n) is 13.0. The summed E-state index contributed by atoms with van der Waals surface area (Å²) in [6.07, 6.45) is 3.90. The van der Waals surface area contributed by atoms with E-state index >= 15 is 0 Å². The molecular formula is C34H24ClNO3. The van der Waals surface area contributed by atoms with Crippen molar-refractivity contribution in [3.8, 4) is 0 Å². The number of hydrogen-bond acceptors (Lipinski definition) is 4. The minimum Gasteiger partial charge on any atom is -0.352 e. The largest absolute Gasteiger partial charge is 0.352 e. The highest BCUT2D eigenvalue weighted by Crippen LogP contribution is 2.61. The number of rotatable bonds is 3. The van der Waals surface area contributed by atoms with Crippen LogP contribution in [0.3, 0.4) is 0 Å². The molecule has 4 nitrogen and oxygen atoms in total. The number of benzene rings is 4. The van der Waals surface area contributed by atoms with Gasteiger partial charge in [-0.2, -0.15) is 0 Å². The highest BCUT2D eigenvalue weighted by atomic mass is 35.5. The summed E-state index contributed by atoms with van der Waals surface area (Å²) in [4.78, 5) is 45.9. The number of carbonyl (C=O) groups excluding carboxylic acids is 3. The number of ketones is 3. The summed E-state index contributed by atoms with van der Waals surface area (Å²) in [6, 6.07) is 27.9. The lowest BCUT2D eigenvalue weighted by Gasteiger charge is -2.37. The summed E-state index contributed by atoms with van der Waals surface area (Å²) in [5.41, 5.74) is 3.19. The van der Waals surface area contributed by atoms with Crippen molar-refractivity contribution in [2.45, 2.75) is 24.9 Å². The van der Waals surface area contributed by atoms with Crippen LogP contribution >= 0.6 is 11.6 Å². The summed E-state index contributed by atoms with van der Waals surface area (Å²) in [6.45, 7) is 2.00. The highest BCUT2D eigenvalue weighted by molar-refractivity contribution is 6.34. The van der Waals surface area contributed by atoms with E-state index in [1.807, 2.05) is 78.6 Å². The number of hydrogen-bond donors (Lipinski definition) is 0. The Bertz CT molecular complexity index is 1690. The molecule has 39 heavy (non-hydrogen) atoms. The Morgan fingerprint density at radius 1 is 0.821 bits per heavy atom. The van der Waals surface area contributed by atoms with Gasteiger partial charge in [0, 0.05) is 33.3 Å². The zero-order chi connectivity index (χ0) is 26.9. The summed E-state index contributed by atoms with van der Waals surface area (Å²) in [7, 11) is 0. The molecule has 0 saturated carbocycles. The first kappa shape index (κ1) is 23.8. The molecule has 3 atom stereocenters. The number of nitrogens with zero attached hydrogens (tertiary/aromatic N) is 1. The standard InChI is InChI=1S/C34H24ClNO3/c1-20-15-16-21-17-18-28-34(32(38)23-11-5-6-12-24(23)33(34)39)29(25-13-7-8-14-26(25)35)30(36(28)27(21)19-20)31(37)22-9-3-2-4-10-22/h2-19,28-30H,1H3/t28-,29-,30+/m0/s1. The molecule has 5 heteroatoms. The smallest absolute Gasteiger partial charge is 0.185 e. The van der Waals surface area contributed by atoms with E-state index in [0.29, 0.717) is 27.3 Å².